The summed E-state index contributed by atoms with van der Waals surface area (Å²) < 4.78 is 0. The van der Waals surface area contributed by atoms with Crippen molar-refractivity contribution in [2.45, 2.75) is 47.0 Å². The van der Waals surface area contributed by atoms with Crippen LogP contribution in [0.15, 0.2) is 12.1 Å². The summed E-state index contributed by atoms with van der Waals surface area (Å²) in [4.78, 5) is 0. The van der Waals surface area contributed by atoms with Gasteiger partial charge in [0.15, 0.2) is 0 Å². The third kappa shape index (κ3) is 2.12. The molecule has 0 aliphatic carbocycles. The molecule has 1 rings (SSSR count). The fourth-order valence-electron chi connectivity index (χ4n) is 2.03. The van der Waals surface area contributed by atoms with E-state index in [9.17, 15) is 0 Å². The van der Waals surface area contributed by atoms with Crippen LogP contribution in [-0.4, -0.2) is 0 Å². The topological polar surface area (TPSA) is 0 Å². The summed E-state index contributed by atoms with van der Waals surface area (Å²) in [6.07, 6.45) is 1.15. The maximum Gasteiger partial charge on any atom is -0.0216 e. The zero-order valence-electron chi connectivity index (χ0n) is 9.44. The van der Waals surface area contributed by atoms with E-state index < -0.39 is 0 Å². The molecule has 0 aliphatic heterocycles. The predicted molar refractivity (Wildman–Crippen MR) is 59.4 cm³/mol. The van der Waals surface area contributed by atoms with Gasteiger partial charge >= 0.3 is 0 Å². The van der Waals surface area contributed by atoms with E-state index in [0.29, 0.717) is 5.92 Å². The lowest BCUT2D eigenvalue weighted by Crippen LogP contribution is -1.99. The molecule has 0 amide bonds. The normalized spacial score (nSPS) is 10.9. The van der Waals surface area contributed by atoms with Gasteiger partial charge < -0.3 is 0 Å². The molecule has 0 heteroatoms. The smallest absolute Gasteiger partial charge is 0.0216 e. The fraction of sp³-hybridized carbons (Fsp3) is 0.538. The molecule has 0 unspecified atom stereocenters. The Balaban J connectivity index is 3.29. The van der Waals surface area contributed by atoms with Gasteiger partial charge in [-0.1, -0.05) is 38.5 Å². The minimum absolute atomic E-state index is 0.647. The zero-order chi connectivity index (χ0) is 10.0. The molecule has 0 radical (unpaired) electrons. The molecule has 0 nitrogen and oxygen atoms in total. The van der Waals surface area contributed by atoms with E-state index in [4.69, 9.17) is 0 Å². The Morgan fingerprint density at radius 3 is 2.23 bits per heavy atom. The molecular weight excluding hydrogens is 156 g/mol. The van der Waals surface area contributed by atoms with Crippen molar-refractivity contribution in [2.75, 3.05) is 0 Å². The first-order valence-corrected chi connectivity index (χ1v) is 5.16. The average molecular weight is 176 g/mol. The van der Waals surface area contributed by atoms with Gasteiger partial charge in [0.1, 0.15) is 0 Å². The van der Waals surface area contributed by atoms with Gasteiger partial charge in [-0.3, -0.25) is 0 Å². The van der Waals surface area contributed by atoms with E-state index in [2.05, 4.69) is 46.8 Å². The number of rotatable bonds is 2. The summed E-state index contributed by atoms with van der Waals surface area (Å²) in [5.41, 5.74) is 5.91. The van der Waals surface area contributed by atoms with Gasteiger partial charge in [0.2, 0.25) is 0 Å². The Morgan fingerprint density at radius 2 is 1.77 bits per heavy atom. The molecule has 13 heavy (non-hydrogen) atoms. The third-order valence-corrected chi connectivity index (χ3v) is 2.63. The average Bonchev–Trinajstić information content (AvgIpc) is 2.02. The molecule has 1 aromatic rings. The molecule has 0 aromatic heterocycles. The highest BCUT2D eigenvalue weighted by Crippen LogP contribution is 2.24. The van der Waals surface area contributed by atoms with Gasteiger partial charge in [0.05, 0.1) is 0 Å². The van der Waals surface area contributed by atoms with E-state index in [1.54, 1.807) is 5.56 Å². The highest BCUT2D eigenvalue weighted by molar-refractivity contribution is 5.39. The lowest BCUT2D eigenvalue weighted by molar-refractivity contribution is 0.838. The summed E-state index contributed by atoms with van der Waals surface area (Å²) in [6, 6.07) is 4.61. The first kappa shape index (κ1) is 10.3. The summed E-state index contributed by atoms with van der Waals surface area (Å²) in [6.45, 7) is 11.2. The maximum atomic E-state index is 2.33. The highest BCUT2D eigenvalue weighted by atomic mass is 14.1. The van der Waals surface area contributed by atoms with Crippen LogP contribution in [0.1, 0.15) is 48.9 Å². The number of hydrogen-bond donors (Lipinski definition) is 0. The lowest BCUT2D eigenvalue weighted by atomic mass is 9.90. The van der Waals surface area contributed by atoms with Crippen LogP contribution >= 0.6 is 0 Å². The summed E-state index contributed by atoms with van der Waals surface area (Å²) >= 11 is 0. The number of benzene rings is 1. The summed E-state index contributed by atoms with van der Waals surface area (Å²) in [5.74, 6) is 0.647. The molecule has 0 spiro atoms. The van der Waals surface area contributed by atoms with Crippen molar-refractivity contribution in [3.63, 3.8) is 0 Å². The molecule has 0 saturated carbocycles. The van der Waals surface area contributed by atoms with Crippen molar-refractivity contribution < 1.29 is 0 Å². The minimum Gasteiger partial charge on any atom is -0.0613 e. The van der Waals surface area contributed by atoms with Crippen LogP contribution in [0, 0.1) is 13.8 Å². The zero-order valence-corrected chi connectivity index (χ0v) is 9.44. The van der Waals surface area contributed by atoms with Crippen molar-refractivity contribution in [1.82, 2.24) is 0 Å². The Kier molecular flexibility index (Phi) is 3.13. The highest BCUT2D eigenvalue weighted by Gasteiger charge is 2.07. The summed E-state index contributed by atoms with van der Waals surface area (Å²) in [5, 5.41) is 0. The maximum absolute atomic E-state index is 2.33. The van der Waals surface area contributed by atoms with Crippen LogP contribution in [0.5, 0.6) is 0 Å². The van der Waals surface area contributed by atoms with Crippen molar-refractivity contribution in [2.24, 2.45) is 0 Å². The van der Waals surface area contributed by atoms with E-state index in [1.165, 1.54) is 16.7 Å². The van der Waals surface area contributed by atoms with E-state index in [1.807, 2.05) is 0 Å². The van der Waals surface area contributed by atoms with Crippen molar-refractivity contribution in [3.8, 4) is 0 Å². The van der Waals surface area contributed by atoms with Gasteiger partial charge in [-0.05, 0) is 42.9 Å². The second-order valence-corrected chi connectivity index (χ2v) is 4.16. The number of aryl methyl sites for hydroxylation is 2. The molecule has 0 heterocycles. The second kappa shape index (κ2) is 3.95. The Labute approximate surface area is 82.0 Å². The molecular formula is C13H20. The molecule has 72 valence electrons. The fourth-order valence-corrected chi connectivity index (χ4v) is 2.03. The third-order valence-electron chi connectivity index (χ3n) is 2.63. The van der Waals surface area contributed by atoms with Gasteiger partial charge in [0.25, 0.3) is 0 Å². The summed E-state index contributed by atoms with van der Waals surface area (Å²) in [7, 11) is 0. The Bertz CT molecular complexity index is 295. The first-order valence-electron chi connectivity index (χ1n) is 5.16. The molecule has 0 atom stereocenters. The quantitative estimate of drug-likeness (QED) is 0.639. The van der Waals surface area contributed by atoms with Crippen molar-refractivity contribution in [1.29, 1.82) is 0 Å². The largest absolute Gasteiger partial charge is 0.0613 e. The lowest BCUT2D eigenvalue weighted by Gasteiger charge is -2.15. The number of hydrogen-bond acceptors (Lipinski definition) is 0. The van der Waals surface area contributed by atoms with Crippen LogP contribution in [0.3, 0.4) is 0 Å². The Hall–Kier alpha value is -0.780. The molecule has 0 saturated heterocycles. The van der Waals surface area contributed by atoms with Crippen molar-refractivity contribution in [3.05, 3.63) is 34.4 Å². The van der Waals surface area contributed by atoms with Crippen LogP contribution in [-0.2, 0) is 6.42 Å². The van der Waals surface area contributed by atoms with Gasteiger partial charge in [-0.25, -0.2) is 0 Å². The SMILES string of the molecule is CCc1c(C)cc(C)cc1C(C)C. The molecule has 0 N–H and O–H groups in total. The van der Waals surface area contributed by atoms with Crippen LogP contribution in [0.2, 0.25) is 0 Å². The monoisotopic (exact) mass is 176 g/mol. The van der Waals surface area contributed by atoms with Crippen LogP contribution < -0.4 is 0 Å². The minimum atomic E-state index is 0.647. The van der Waals surface area contributed by atoms with E-state index >= 15 is 0 Å². The van der Waals surface area contributed by atoms with Crippen LogP contribution in [0.25, 0.3) is 0 Å². The Morgan fingerprint density at radius 1 is 1.15 bits per heavy atom. The standard InChI is InChI=1S/C13H20/c1-6-12-11(5)7-10(4)8-13(12)9(2)3/h7-9H,6H2,1-5H3. The molecule has 0 fully saturated rings. The van der Waals surface area contributed by atoms with Crippen molar-refractivity contribution >= 4 is 0 Å². The molecule has 1 aromatic carbocycles. The predicted octanol–water partition coefficient (Wildman–Crippen LogP) is 3.99. The van der Waals surface area contributed by atoms with Gasteiger partial charge in [-0.2, -0.15) is 0 Å². The van der Waals surface area contributed by atoms with Crippen LogP contribution in [0.4, 0.5) is 0 Å². The van der Waals surface area contributed by atoms with E-state index in [-0.39, 0.29) is 0 Å². The molecule has 0 aliphatic rings. The molecule has 0 bridgehead atoms. The van der Waals surface area contributed by atoms with Gasteiger partial charge in [-0.15, -0.1) is 0 Å². The second-order valence-electron chi connectivity index (χ2n) is 4.16. The first-order chi connectivity index (χ1) is 6.06. The van der Waals surface area contributed by atoms with Gasteiger partial charge in [0, 0.05) is 0 Å². The van der Waals surface area contributed by atoms with E-state index in [0.717, 1.165) is 6.42 Å².